The standard InChI is InChI=1S/C13H13NO2.C6H10O.C2H6/c14-8-9-1-3-10(4-2-9)11-5-6-12(15)13(16)7-11;7-6-2-1-4-3-5(4)6;1-2/h1-7,15-16H,8,14H2;4-7H,1-3H2;1-2H3. The van der Waals surface area contributed by atoms with E-state index in [4.69, 9.17) is 10.8 Å². The maximum atomic E-state index is 9.39. The average molecular weight is 343 g/mol. The molecule has 4 heteroatoms. The molecule has 2 saturated carbocycles. The molecule has 136 valence electrons. The van der Waals surface area contributed by atoms with Crippen LogP contribution in [0.3, 0.4) is 0 Å². The number of phenolic OH excluding ortho intramolecular Hbond substituents is 2. The van der Waals surface area contributed by atoms with Gasteiger partial charge in [-0.05, 0) is 59.9 Å². The van der Waals surface area contributed by atoms with Gasteiger partial charge >= 0.3 is 0 Å². The molecule has 25 heavy (non-hydrogen) atoms. The van der Waals surface area contributed by atoms with E-state index in [1.807, 2.05) is 38.1 Å². The number of rotatable bonds is 2. The highest BCUT2D eigenvalue weighted by Crippen LogP contribution is 2.51. The lowest BCUT2D eigenvalue weighted by molar-refractivity contribution is 0.159. The number of nitrogens with two attached hydrogens (primary N) is 1. The molecule has 3 unspecified atom stereocenters. The Morgan fingerprint density at radius 2 is 1.56 bits per heavy atom. The highest BCUT2D eigenvalue weighted by molar-refractivity contribution is 5.67. The van der Waals surface area contributed by atoms with Crippen LogP contribution < -0.4 is 5.73 Å². The molecule has 0 saturated heterocycles. The second-order valence-electron chi connectivity index (χ2n) is 6.41. The molecule has 3 atom stereocenters. The SMILES string of the molecule is CC.NCc1ccc(-c2ccc(O)c(O)c2)cc1.OC1CCC2CC12. The third kappa shape index (κ3) is 4.97. The number of hydrogen-bond acceptors (Lipinski definition) is 4. The van der Waals surface area contributed by atoms with Crippen LogP contribution in [0.4, 0.5) is 0 Å². The highest BCUT2D eigenvalue weighted by atomic mass is 16.3. The van der Waals surface area contributed by atoms with Gasteiger partial charge in [-0.2, -0.15) is 0 Å². The predicted octanol–water partition coefficient (Wildman–Crippen LogP) is 4.03. The Morgan fingerprint density at radius 1 is 0.920 bits per heavy atom. The molecule has 2 aromatic carbocycles. The van der Waals surface area contributed by atoms with Crippen LogP contribution in [0.25, 0.3) is 11.1 Å². The molecule has 2 aliphatic carbocycles. The van der Waals surface area contributed by atoms with E-state index in [0.717, 1.165) is 34.9 Å². The molecule has 4 rings (SSSR count). The van der Waals surface area contributed by atoms with Crippen molar-refractivity contribution < 1.29 is 15.3 Å². The monoisotopic (exact) mass is 343 g/mol. The number of benzene rings is 2. The summed E-state index contributed by atoms with van der Waals surface area (Å²) in [4.78, 5) is 0. The number of fused-ring (bicyclic) bond motifs is 1. The summed E-state index contributed by atoms with van der Waals surface area (Å²) >= 11 is 0. The van der Waals surface area contributed by atoms with E-state index in [1.165, 1.54) is 25.0 Å². The lowest BCUT2D eigenvalue weighted by Crippen LogP contribution is -2.02. The second kappa shape index (κ2) is 8.88. The molecule has 0 aromatic heterocycles. The molecular formula is C21H29NO3. The maximum Gasteiger partial charge on any atom is 0.158 e. The number of phenols is 2. The second-order valence-corrected chi connectivity index (χ2v) is 6.41. The molecule has 2 aliphatic rings. The molecule has 0 heterocycles. The van der Waals surface area contributed by atoms with Crippen molar-refractivity contribution in [3.63, 3.8) is 0 Å². The molecule has 0 spiro atoms. The molecule has 5 N–H and O–H groups in total. The Balaban J connectivity index is 0.000000206. The van der Waals surface area contributed by atoms with Gasteiger partial charge in [-0.25, -0.2) is 0 Å². The minimum Gasteiger partial charge on any atom is -0.504 e. The Labute approximate surface area is 149 Å². The van der Waals surface area contributed by atoms with Gasteiger partial charge in [-0.3, -0.25) is 0 Å². The summed E-state index contributed by atoms with van der Waals surface area (Å²) in [6, 6.07) is 12.5. The summed E-state index contributed by atoms with van der Waals surface area (Å²) in [6.45, 7) is 4.51. The molecular weight excluding hydrogens is 314 g/mol. The van der Waals surface area contributed by atoms with Gasteiger partial charge in [0.1, 0.15) is 0 Å². The lowest BCUT2D eigenvalue weighted by atomic mass is 10.0. The highest BCUT2D eigenvalue weighted by Gasteiger charge is 2.47. The van der Waals surface area contributed by atoms with Gasteiger partial charge in [-0.15, -0.1) is 0 Å². The Bertz CT molecular complexity index is 669. The predicted molar refractivity (Wildman–Crippen MR) is 101 cm³/mol. The van der Waals surface area contributed by atoms with Crippen molar-refractivity contribution in [3.05, 3.63) is 48.0 Å². The van der Waals surface area contributed by atoms with E-state index in [-0.39, 0.29) is 17.6 Å². The third-order valence-electron chi connectivity index (χ3n) is 4.80. The Morgan fingerprint density at radius 3 is 1.96 bits per heavy atom. The van der Waals surface area contributed by atoms with Gasteiger partial charge < -0.3 is 21.1 Å². The number of aromatic hydroxyl groups is 2. The van der Waals surface area contributed by atoms with Crippen molar-refractivity contribution >= 4 is 0 Å². The molecule has 0 amide bonds. The summed E-state index contributed by atoms with van der Waals surface area (Å²) in [5, 5.41) is 27.6. The van der Waals surface area contributed by atoms with Crippen molar-refractivity contribution in [1.82, 2.24) is 0 Å². The average Bonchev–Trinajstić information content (AvgIpc) is 3.36. The fourth-order valence-electron chi connectivity index (χ4n) is 3.21. The fraction of sp³-hybridized carbons (Fsp3) is 0.429. The summed E-state index contributed by atoms with van der Waals surface area (Å²) in [7, 11) is 0. The van der Waals surface area contributed by atoms with Gasteiger partial charge in [0.15, 0.2) is 11.5 Å². The minimum atomic E-state index is -0.111. The third-order valence-corrected chi connectivity index (χ3v) is 4.80. The van der Waals surface area contributed by atoms with Gasteiger partial charge in [0.05, 0.1) is 6.10 Å². The van der Waals surface area contributed by atoms with Crippen molar-refractivity contribution in [3.8, 4) is 22.6 Å². The van der Waals surface area contributed by atoms with Gasteiger partial charge in [0.25, 0.3) is 0 Å². The van der Waals surface area contributed by atoms with Gasteiger partial charge in [0, 0.05) is 6.54 Å². The van der Waals surface area contributed by atoms with E-state index in [0.29, 0.717) is 6.54 Å². The Hall–Kier alpha value is -2.04. The van der Waals surface area contributed by atoms with Crippen molar-refractivity contribution in [1.29, 1.82) is 0 Å². The number of hydrogen-bond donors (Lipinski definition) is 4. The van der Waals surface area contributed by atoms with Crippen LogP contribution in [0.2, 0.25) is 0 Å². The molecule has 0 radical (unpaired) electrons. The normalized spacial score (nSPS) is 22.8. The van der Waals surface area contributed by atoms with Gasteiger partial charge in [-0.1, -0.05) is 44.2 Å². The zero-order valence-electron chi connectivity index (χ0n) is 15.0. The van der Waals surface area contributed by atoms with E-state index in [2.05, 4.69) is 0 Å². The molecule has 4 nitrogen and oxygen atoms in total. The quantitative estimate of drug-likeness (QED) is 0.620. The van der Waals surface area contributed by atoms with E-state index < -0.39 is 0 Å². The molecule has 0 bridgehead atoms. The van der Waals surface area contributed by atoms with Crippen LogP contribution in [0.1, 0.15) is 38.7 Å². The lowest BCUT2D eigenvalue weighted by Gasteiger charge is -2.04. The van der Waals surface area contributed by atoms with Crippen LogP contribution in [0, 0.1) is 11.8 Å². The van der Waals surface area contributed by atoms with Crippen LogP contribution in [0.15, 0.2) is 42.5 Å². The number of aliphatic hydroxyl groups excluding tert-OH is 1. The molecule has 2 aromatic rings. The zero-order valence-corrected chi connectivity index (χ0v) is 15.0. The van der Waals surface area contributed by atoms with Crippen LogP contribution >= 0.6 is 0 Å². The van der Waals surface area contributed by atoms with Crippen molar-refractivity contribution in [2.75, 3.05) is 0 Å². The van der Waals surface area contributed by atoms with E-state index in [9.17, 15) is 10.2 Å². The van der Waals surface area contributed by atoms with Crippen LogP contribution in [0.5, 0.6) is 11.5 Å². The maximum absolute atomic E-state index is 9.39. The molecule has 2 fully saturated rings. The topological polar surface area (TPSA) is 86.7 Å². The fourth-order valence-corrected chi connectivity index (χ4v) is 3.21. The van der Waals surface area contributed by atoms with Crippen molar-refractivity contribution in [2.45, 2.75) is 45.8 Å². The number of aliphatic hydroxyl groups is 1. The zero-order chi connectivity index (χ0) is 18.4. The summed E-state index contributed by atoms with van der Waals surface area (Å²) in [6.07, 6.45) is 3.78. The minimum absolute atomic E-state index is 0.0880. The first kappa shape index (κ1) is 19.3. The smallest absolute Gasteiger partial charge is 0.158 e. The summed E-state index contributed by atoms with van der Waals surface area (Å²) < 4.78 is 0. The summed E-state index contributed by atoms with van der Waals surface area (Å²) in [5.74, 6) is 1.46. The first-order valence-corrected chi connectivity index (χ1v) is 9.08. The van der Waals surface area contributed by atoms with Crippen LogP contribution in [-0.2, 0) is 6.54 Å². The van der Waals surface area contributed by atoms with Gasteiger partial charge in [0.2, 0.25) is 0 Å². The Kier molecular flexibility index (Phi) is 6.85. The first-order chi connectivity index (χ1) is 12.1. The van der Waals surface area contributed by atoms with Crippen LogP contribution in [-0.4, -0.2) is 21.4 Å². The van der Waals surface area contributed by atoms with E-state index in [1.54, 1.807) is 6.07 Å². The molecule has 0 aliphatic heterocycles. The largest absolute Gasteiger partial charge is 0.504 e. The first-order valence-electron chi connectivity index (χ1n) is 9.08. The summed E-state index contributed by atoms with van der Waals surface area (Å²) in [5.41, 5.74) is 8.41. The van der Waals surface area contributed by atoms with E-state index >= 15 is 0 Å². The van der Waals surface area contributed by atoms with Crippen molar-refractivity contribution in [2.24, 2.45) is 17.6 Å².